The first-order valence-electron chi connectivity index (χ1n) is 14.4. The van der Waals surface area contributed by atoms with Crippen LogP contribution in [0.5, 0.6) is 0 Å². The van der Waals surface area contributed by atoms with Gasteiger partial charge in [0.15, 0.2) is 0 Å². The fraction of sp³-hybridized carbons (Fsp3) is 0.567. The number of pyridine rings is 1. The summed E-state index contributed by atoms with van der Waals surface area (Å²) in [7, 11) is 0. The lowest BCUT2D eigenvalue weighted by Crippen LogP contribution is -2.49. The third kappa shape index (κ3) is 5.78. The minimum absolute atomic E-state index is 0.287. The third-order valence-corrected chi connectivity index (χ3v) is 8.23. The van der Waals surface area contributed by atoms with Crippen LogP contribution < -0.4 is 4.90 Å². The number of carbonyl (C=O) groups excluding carboxylic acids is 1. The largest absolute Gasteiger partial charge is 0.444 e. The van der Waals surface area contributed by atoms with Gasteiger partial charge >= 0.3 is 6.09 Å². The molecule has 0 bridgehead atoms. The number of anilines is 1. The molecule has 3 aromatic rings. The molecule has 1 atom stereocenters. The maximum Gasteiger partial charge on any atom is 0.410 e. The molecule has 5 rings (SSSR count). The Hall–Kier alpha value is -3.24. The number of ether oxygens (including phenoxy) is 2. The number of fused-ring (bicyclic) bond motifs is 1. The van der Waals surface area contributed by atoms with E-state index in [4.69, 9.17) is 14.5 Å². The smallest absolute Gasteiger partial charge is 0.410 e. The fourth-order valence-corrected chi connectivity index (χ4v) is 5.84. The van der Waals surface area contributed by atoms with E-state index in [9.17, 15) is 9.18 Å². The van der Waals surface area contributed by atoms with Gasteiger partial charge < -0.3 is 24.2 Å². The van der Waals surface area contributed by atoms with Crippen molar-refractivity contribution < 1.29 is 18.7 Å². The van der Waals surface area contributed by atoms with Crippen LogP contribution in [0.4, 0.5) is 14.9 Å². The molecule has 0 aliphatic carbocycles. The second-order valence-electron chi connectivity index (χ2n) is 11.1. The van der Waals surface area contributed by atoms with Gasteiger partial charge in [-0.05, 0) is 58.7 Å². The molecule has 0 N–H and O–H groups in total. The highest BCUT2D eigenvalue weighted by molar-refractivity contribution is 5.79. The molecule has 3 aromatic heterocycles. The van der Waals surface area contributed by atoms with Crippen LogP contribution in [0.15, 0.2) is 42.9 Å². The number of piperidine rings is 1. The molecule has 40 heavy (non-hydrogen) atoms. The molecule has 2 fully saturated rings. The number of aromatic nitrogens is 3. The Kier molecular flexibility index (Phi) is 8.56. The fourth-order valence-electron chi connectivity index (χ4n) is 5.84. The number of halogens is 1. The average molecular weight is 553 g/mol. The summed E-state index contributed by atoms with van der Waals surface area (Å²) < 4.78 is 26.1. The Morgan fingerprint density at radius 2 is 1.82 bits per heavy atom. The summed E-state index contributed by atoms with van der Waals surface area (Å²) in [4.78, 5) is 23.6. The maximum absolute atomic E-state index is 12.7. The van der Waals surface area contributed by atoms with Gasteiger partial charge in [0.05, 0.1) is 22.5 Å². The van der Waals surface area contributed by atoms with Crippen LogP contribution in [-0.2, 0) is 15.1 Å². The number of alkyl halides is 1. The second kappa shape index (κ2) is 12.1. The van der Waals surface area contributed by atoms with Crippen LogP contribution in [-0.4, -0.2) is 95.2 Å². The molecular weight excluding hydrogens is 511 g/mol. The summed E-state index contributed by atoms with van der Waals surface area (Å²) in [5.74, 6) is 0. The summed E-state index contributed by atoms with van der Waals surface area (Å²) >= 11 is 0. The molecule has 0 unspecified atom stereocenters. The van der Waals surface area contributed by atoms with E-state index >= 15 is 0 Å². The predicted molar refractivity (Wildman–Crippen MR) is 153 cm³/mol. The van der Waals surface area contributed by atoms with Crippen LogP contribution in [0.1, 0.15) is 46.1 Å². The minimum atomic E-state index is -0.727. The Bertz CT molecular complexity index is 1280. The van der Waals surface area contributed by atoms with Gasteiger partial charge in [-0.15, -0.1) is 0 Å². The number of nitrogens with zero attached hydrogens (tertiary/aromatic N) is 6. The van der Waals surface area contributed by atoms with E-state index in [2.05, 4.69) is 53.9 Å². The lowest BCUT2D eigenvalue weighted by Gasteiger charge is -2.43. The van der Waals surface area contributed by atoms with Gasteiger partial charge in [0.2, 0.25) is 0 Å². The first-order valence-corrected chi connectivity index (χ1v) is 14.4. The summed E-state index contributed by atoms with van der Waals surface area (Å²) in [5, 5.41) is 4.53. The van der Waals surface area contributed by atoms with Crippen LogP contribution in [0.25, 0.3) is 16.8 Å². The van der Waals surface area contributed by atoms with Crippen molar-refractivity contribution in [1.82, 2.24) is 24.4 Å². The van der Waals surface area contributed by atoms with Crippen molar-refractivity contribution >= 4 is 17.3 Å². The number of piperazine rings is 1. The number of likely N-dealkylation sites (tertiary alicyclic amines) is 1. The average Bonchev–Trinajstić information content (AvgIpc) is 3.42. The van der Waals surface area contributed by atoms with Gasteiger partial charge in [-0.25, -0.2) is 13.7 Å². The van der Waals surface area contributed by atoms with Crippen molar-refractivity contribution in [2.75, 3.05) is 57.4 Å². The van der Waals surface area contributed by atoms with Gasteiger partial charge in [0.1, 0.15) is 12.8 Å². The molecule has 9 nitrogen and oxygen atoms in total. The highest BCUT2D eigenvalue weighted by Gasteiger charge is 2.38. The molecule has 2 aliphatic heterocycles. The normalized spacial score (nSPS) is 18.9. The molecular formula is C30H41FN6O3. The summed E-state index contributed by atoms with van der Waals surface area (Å²) in [5.41, 5.74) is 4.77. The Morgan fingerprint density at radius 1 is 1.07 bits per heavy atom. The van der Waals surface area contributed by atoms with Gasteiger partial charge in [-0.3, -0.25) is 4.98 Å². The monoisotopic (exact) mass is 552 g/mol. The van der Waals surface area contributed by atoms with Crippen LogP contribution in [0.3, 0.4) is 0 Å². The van der Waals surface area contributed by atoms with Crippen molar-refractivity contribution in [2.45, 2.75) is 58.3 Å². The van der Waals surface area contributed by atoms with Crippen molar-refractivity contribution in [3.05, 3.63) is 48.4 Å². The number of hydrogen-bond acceptors (Lipinski definition) is 7. The molecule has 1 amide bonds. The van der Waals surface area contributed by atoms with E-state index in [-0.39, 0.29) is 5.60 Å². The van der Waals surface area contributed by atoms with Gasteiger partial charge in [0.25, 0.3) is 0 Å². The van der Waals surface area contributed by atoms with E-state index in [1.54, 1.807) is 18.0 Å². The molecule has 10 heteroatoms. The van der Waals surface area contributed by atoms with Crippen LogP contribution >= 0.6 is 0 Å². The summed E-state index contributed by atoms with van der Waals surface area (Å²) in [6, 6.07) is 8.92. The quantitative estimate of drug-likeness (QED) is 0.399. The van der Waals surface area contributed by atoms with Crippen molar-refractivity contribution in [3.8, 4) is 11.3 Å². The minimum Gasteiger partial charge on any atom is -0.444 e. The van der Waals surface area contributed by atoms with E-state index in [1.165, 1.54) is 0 Å². The molecule has 0 spiro atoms. The zero-order chi connectivity index (χ0) is 28.3. The lowest BCUT2D eigenvalue weighted by atomic mass is 9.84. The van der Waals surface area contributed by atoms with Crippen LogP contribution in [0.2, 0.25) is 0 Å². The molecule has 2 saturated heterocycles. The van der Waals surface area contributed by atoms with E-state index in [0.29, 0.717) is 38.8 Å². The van der Waals surface area contributed by atoms with E-state index in [0.717, 1.165) is 54.0 Å². The SMILES string of the molecule is CCOC1(c2ccc(-c3cc4c(N5CCN(C(=O)O[C@@H](C)CF)CC5)ccnn4c3)nc2)CCN(C(C)C)CC1. The van der Waals surface area contributed by atoms with Gasteiger partial charge in [-0.1, -0.05) is 6.07 Å². The Balaban J connectivity index is 1.31. The number of amides is 1. The van der Waals surface area contributed by atoms with E-state index < -0.39 is 18.9 Å². The first kappa shape index (κ1) is 28.3. The van der Waals surface area contributed by atoms with Crippen molar-refractivity contribution in [2.24, 2.45) is 0 Å². The number of rotatable bonds is 8. The topological polar surface area (TPSA) is 75.4 Å². The zero-order valence-electron chi connectivity index (χ0n) is 24.1. The first-order chi connectivity index (χ1) is 19.3. The third-order valence-electron chi connectivity index (χ3n) is 8.23. The highest BCUT2D eigenvalue weighted by atomic mass is 19.1. The number of hydrogen-bond donors (Lipinski definition) is 0. The lowest BCUT2D eigenvalue weighted by molar-refractivity contribution is -0.0888. The van der Waals surface area contributed by atoms with Crippen molar-refractivity contribution in [3.63, 3.8) is 0 Å². The Morgan fingerprint density at radius 3 is 2.45 bits per heavy atom. The summed E-state index contributed by atoms with van der Waals surface area (Å²) in [6.45, 7) is 12.5. The molecule has 0 saturated carbocycles. The summed E-state index contributed by atoms with van der Waals surface area (Å²) in [6.07, 6.45) is 6.52. The second-order valence-corrected chi connectivity index (χ2v) is 11.1. The predicted octanol–water partition coefficient (Wildman–Crippen LogP) is 4.75. The molecule has 216 valence electrons. The Labute approximate surface area is 235 Å². The molecule has 2 aliphatic rings. The molecule has 5 heterocycles. The molecule has 0 aromatic carbocycles. The zero-order valence-corrected chi connectivity index (χ0v) is 24.1. The van der Waals surface area contributed by atoms with Crippen molar-refractivity contribution in [1.29, 1.82) is 0 Å². The van der Waals surface area contributed by atoms with Gasteiger partial charge in [-0.2, -0.15) is 5.10 Å². The van der Waals surface area contributed by atoms with E-state index in [1.807, 2.05) is 23.0 Å². The standard InChI is InChI=1S/C30H41FN6O3/c1-5-39-30(9-12-34(13-10-30)22(2)3)25-6-7-26(32-20-25)24-18-28-27(8-11-33-37(28)21-24)35-14-16-36(17-15-35)29(38)40-23(4)19-31/h6-8,11,18,20-23H,5,9-10,12-17,19H2,1-4H3/t23-/m0/s1. The maximum atomic E-state index is 12.7. The highest BCUT2D eigenvalue weighted by Crippen LogP contribution is 2.38. The van der Waals surface area contributed by atoms with Gasteiger partial charge in [0, 0.05) is 81.6 Å². The number of carbonyl (C=O) groups is 1. The molecule has 0 radical (unpaired) electrons. The van der Waals surface area contributed by atoms with Crippen LogP contribution in [0, 0.1) is 0 Å².